The second kappa shape index (κ2) is 6.74. The first kappa shape index (κ1) is 17.1. The van der Waals surface area contributed by atoms with Crippen LogP contribution in [0.4, 0.5) is 5.13 Å². The van der Waals surface area contributed by atoms with Gasteiger partial charge in [-0.1, -0.05) is 13.8 Å². The van der Waals surface area contributed by atoms with E-state index in [2.05, 4.69) is 35.1 Å². The molecule has 0 radical (unpaired) electrons. The van der Waals surface area contributed by atoms with Crippen LogP contribution in [0.5, 0.6) is 0 Å². The van der Waals surface area contributed by atoms with Crippen molar-refractivity contribution in [1.82, 2.24) is 10.3 Å². The predicted octanol–water partition coefficient (Wildman–Crippen LogP) is 3.68. The molecule has 2 aromatic heterocycles. The first-order valence-corrected chi connectivity index (χ1v) is 9.92. The molecule has 4 rings (SSSR count). The van der Waals surface area contributed by atoms with Crippen molar-refractivity contribution < 1.29 is 9.15 Å². The highest BCUT2D eigenvalue weighted by Crippen LogP contribution is 2.42. The fourth-order valence-electron chi connectivity index (χ4n) is 3.87. The molecule has 2 aliphatic rings. The van der Waals surface area contributed by atoms with E-state index in [1.54, 1.807) is 11.3 Å². The van der Waals surface area contributed by atoms with Crippen molar-refractivity contribution in [3.8, 4) is 0 Å². The molecule has 1 fully saturated rings. The smallest absolute Gasteiger partial charge is 0.185 e. The lowest BCUT2D eigenvalue weighted by molar-refractivity contribution is 0.122. The highest BCUT2D eigenvalue weighted by molar-refractivity contribution is 7.15. The van der Waals surface area contributed by atoms with Gasteiger partial charge in [0.25, 0.3) is 0 Å². The number of nitrogens with zero attached hydrogens (tertiary/aromatic N) is 2. The zero-order chi connectivity index (χ0) is 17.4. The topological polar surface area (TPSA) is 50.5 Å². The molecular formula is C19H27N3O2S. The molecule has 0 saturated carbocycles. The lowest BCUT2D eigenvalue weighted by atomic mass is 9.75. The molecule has 25 heavy (non-hydrogen) atoms. The Bertz CT molecular complexity index is 731. The van der Waals surface area contributed by atoms with Crippen LogP contribution in [0.2, 0.25) is 0 Å². The van der Waals surface area contributed by atoms with Gasteiger partial charge >= 0.3 is 0 Å². The van der Waals surface area contributed by atoms with Crippen molar-refractivity contribution in [2.75, 3.05) is 31.2 Å². The summed E-state index contributed by atoms with van der Waals surface area (Å²) < 4.78 is 11.4. The van der Waals surface area contributed by atoms with E-state index in [1.165, 1.54) is 10.4 Å². The highest BCUT2D eigenvalue weighted by Gasteiger charge is 2.34. The van der Waals surface area contributed by atoms with Gasteiger partial charge in [-0.2, -0.15) is 0 Å². The Morgan fingerprint density at radius 2 is 2.16 bits per heavy atom. The van der Waals surface area contributed by atoms with Gasteiger partial charge in [0.15, 0.2) is 5.13 Å². The van der Waals surface area contributed by atoms with E-state index in [-0.39, 0.29) is 5.41 Å². The Kier molecular flexibility index (Phi) is 4.60. The summed E-state index contributed by atoms with van der Waals surface area (Å²) in [6, 6.07) is 2.55. The first-order chi connectivity index (χ1) is 12.0. The molecule has 1 N–H and O–H groups in total. The molecule has 2 aromatic rings. The maximum atomic E-state index is 5.94. The molecule has 5 nitrogen and oxygen atoms in total. The molecule has 1 aliphatic heterocycles. The van der Waals surface area contributed by atoms with Crippen molar-refractivity contribution in [2.24, 2.45) is 5.41 Å². The van der Waals surface area contributed by atoms with Crippen molar-refractivity contribution in [3.05, 3.63) is 34.2 Å². The number of hydrogen-bond acceptors (Lipinski definition) is 6. The van der Waals surface area contributed by atoms with Crippen LogP contribution in [-0.4, -0.2) is 31.3 Å². The number of thiazole rings is 1. The number of fused-ring (bicyclic) bond motifs is 1. The molecule has 1 unspecified atom stereocenters. The highest BCUT2D eigenvalue weighted by atomic mass is 32.1. The number of anilines is 1. The molecule has 6 heteroatoms. The lowest BCUT2D eigenvalue weighted by Gasteiger charge is -2.34. The Hall–Kier alpha value is -1.37. The molecule has 1 atom stereocenters. The number of rotatable bonds is 4. The number of furan rings is 1. The van der Waals surface area contributed by atoms with Crippen LogP contribution in [0.25, 0.3) is 0 Å². The fourth-order valence-corrected chi connectivity index (χ4v) is 4.78. The quantitative estimate of drug-likeness (QED) is 0.900. The van der Waals surface area contributed by atoms with Crippen LogP contribution < -0.4 is 10.2 Å². The van der Waals surface area contributed by atoms with Crippen LogP contribution >= 0.6 is 11.3 Å². The van der Waals surface area contributed by atoms with E-state index in [1.807, 2.05) is 13.1 Å². The van der Waals surface area contributed by atoms with Crippen LogP contribution in [-0.2, 0) is 17.7 Å². The van der Waals surface area contributed by atoms with Gasteiger partial charge in [0.05, 0.1) is 13.2 Å². The maximum absolute atomic E-state index is 5.94. The van der Waals surface area contributed by atoms with Crippen LogP contribution in [0.3, 0.4) is 0 Å². The van der Waals surface area contributed by atoms with Crippen LogP contribution in [0.15, 0.2) is 16.7 Å². The Morgan fingerprint density at radius 1 is 1.36 bits per heavy atom. The standard InChI is InChI=1S/C19H27N3O2S/c1-13-8-15-16(9-19(2,3)10-17(15)24-13)20-11-14-12-21-18(25-14)22-4-6-23-7-5-22/h8,12,16,20H,4-7,9-11H2,1-3H3. The summed E-state index contributed by atoms with van der Waals surface area (Å²) in [5.41, 5.74) is 1.61. The summed E-state index contributed by atoms with van der Waals surface area (Å²) in [5, 5.41) is 4.86. The van der Waals surface area contributed by atoms with Crippen molar-refractivity contribution >= 4 is 16.5 Å². The monoisotopic (exact) mass is 361 g/mol. The summed E-state index contributed by atoms with van der Waals surface area (Å²) in [7, 11) is 0. The zero-order valence-corrected chi connectivity index (χ0v) is 16.1. The van der Waals surface area contributed by atoms with Crippen molar-refractivity contribution in [3.63, 3.8) is 0 Å². The molecule has 136 valence electrons. The van der Waals surface area contributed by atoms with E-state index < -0.39 is 0 Å². The lowest BCUT2D eigenvalue weighted by Crippen LogP contribution is -2.36. The molecule has 3 heterocycles. The van der Waals surface area contributed by atoms with Gasteiger partial charge in [-0.25, -0.2) is 4.98 Å². The van der Waals surface area contributed by atoms with Gasteiger partial charge in [-0.15, -0.1) is 11.3 Å². The largest absolute Gasteiger partial charge is 0.466 e. The predicted molar refractivity (Wildman–Crippen MR) is 100 cm³/mol. The molecular weight excluding hydrogens is 334 g/mol. The Labute approximate surface area is 153 Å². The minimum atomic E-state index is 0.265. The Balaban J connectivity index is 1.43. The fraction of sp³-hybridized carbons (Fsp3) is 0.632. The summed E-state index contributed by atoms with van der Waals surface area (Å²) in [6.07, 6.45) is 4.17. The second-order valence-electron chi connectivity index (χ2n) is 7.92. The van der Waals surface area contributed by atoms with E-state index in [4.69, 9.17) is 9.15 Å². The average molecular weight is 362 g/mol. The summed E-state index contributed by atoms with van der Waals surface area (Å²) in [4.78, 5) is 8.21. The number of aromatic nitrogens is 1. The average Bonchev–Trinajstić information content (AvgIpc) is 3.18. The minimum absolute atomic E-state index is 0.265. The summed E-state index contributed by atoms with van der Waals surface area (Å²) in [5.74, 6) is 2.17. The number of morpholine rings is 1. The van der Waals surface area contributed by atoms with Gasteiger partial charge in [0.1, 0.15) is 11.5 Å². The number of ether oxygens (including phenoxy) is 1. The van der Waals surface area contributed by atoms with Crippen LogP contribution in [0.1, 0.15) is 48.3 Å². The summed E-state index contributed by atoms with van der Waals surface area (Å²) >= 11 is 1.79. The molecule has 1 aliphatic carbocycles. The third-order valence-electron chi connectivity index (χ3n) is 5.08. The number of aryl methyl sites for hydroxylation is 1. The van der Waals surface area contributed by atoms with Gasteiger partial charge in [0, 0.05) is 48.7 Å². The second-order valence-corrected chi connectivity index (χ2v) is 9.02. The van der Waals surface area contributed by atoms with Gasteiger partial charge < -0.3 is 19.4 Å². The SMILES string of the molecule is Cc1cc2c(o1)CC(C)(C)CC2NCc1cnc(N2CCOCC2)s1. The van der Waals surface area contributed by atoms with Gasteiger partial charge in [-0.05, 0) is 24.8 Å². The van der Waals surface area contributed by atoms with Gasteiger partial charge in [-0.3, -0.25) is 0 Å². The number of nitrogens with one attached hydrogen (secondary N) is 1. The van der Waals surface area contributed by atoms with Gasteiger partial charge in [0.2, 0.25) is 0 Å². The van der Waals surface area contributed by atoms with Crippen LogP contribution in [0, 0.1) is 12.3 Å². The third-order valence-corrected chi connectivity index (χ3v) is 6.14. The zero-order valence-electron chi connectivity index (χ0n) is 15.3. The maximum Gasteiger partial charge on any atom is 0.185 e. The minimum Gasteiger partial charge on any atom is -0.466 e. The van der Waals surface area contributed by atoms with E-state index in [0.717, 1.165) is 62.3 Å². The Morgan fingerprint density at radius 3 is 2.96 bits per heavy atom. The molecule has 0 bridgehead atoms. The van der Waals surface area contributed by atoms with Crippen molar-refractivity contribution in [2.45, 2.75) is 46.2 Å². The van der Waals surface area contributed by atoms with E-state index in [9.17, 15) is 0 Å². The number of hydrogen-bond donors (Lipinski definition) is 1. The molecule has 1 saturated heterocycles. The molecule has 0 amide bonds. The molecule has 0 aromatic carbocycles. The van der Waals surface area contributed by atoms with E-state index >= 15 is 0 Å². The van der Waals surface area contributed by atoms with Crippen molar-refractivity contribution in [1.29, 1.82) is 0 Å². The molecule has 0 spiro atoms. The summed E-state index contributed by atoms with van der Waals surface area (Å²) in [6.45, 7) is 11.0. The van der Waals surface area contributed by atoms with E-state index in [0.29, 0.717) is 6.04 Å². The first-order valence-electron chi connectivity index (χ1n) is 9.10. The normalized spacial score (nSPS) is 22.8. The third kappa shape index (κ3) is 3.76.